The van der Waals surface area contributed by atoms with E-state index < -0.39 is 0 Å². The van der Waals surface area contributed by atoms with Crippen molar-refractivity contribution in [2.75, 3.05) is 5.32 Å². The van der Waals surface area contributed by atoms with Gasteiger partial charge in [0.25, 0.3) is 0 Å². The molecule has 0 saturated heterocycles. The Balaban J connectivity index is 1.73. The third kappa shape index (κ3) is 3.16. The second kappa shape index (κ2) is 6.85. The Hall–Kier alpha value is -2.85. The molecule has 2 aliphatic rings. The predicted molar refractivity (Wildman–Crippen MR) is 121 cm³/mol. The maximum Gasteiger partial charge on any atom is 0.162 e. The first-order chi connectivity index (χ1) is 14.3. The lowest BCUT2D eigenvalue weighted by Crippen LogP contribution is -2.33. The average Bonchev–Trinajstić information content (AvgIpc) is 3.10. The summed E-state index contributed by atoms with van der Waals surface area (Å²) in [6.07, 6.45) is 1.37. The number of aromatic amines is 1. The molecule has 5 rings (SSSR count). The van der Waals surface area contributed by atoms with E-state index in [1.807, 2.05) is 24.3 Å². The van der Waals surface area contributed by atoms with E-state index in [1.165, 1.54) is 5.56 Å². The number of halogens is 1. The fourth-order valence-electron chi connectivity index (χ4n) is 4.72. The van der Waals surface area contributed by atoms with E-state index in [-0.39, 0.29) is 17.1 Å². The minimum atomic E-state index is -0.174. The number of H-pyrrole nitrogens is 1. The summed E-state index contributed by atoms with van der Waals surface area (Å²) < 4.78 is 0. The molecule has 4 nitrogen and oxygen atoms in total. The van der Waals surface area contributed by atoms with Gasteiger partial charge >= 0.3 is 0 Å². The van der Waals surface area contributed by atoms with Crippen LogP contribution in [0, 0.1) is 12.3 Å². The van der Waals surface area contributed by atoms with Gasteiger partial charge in [0.1, 0.15) is 0 Å². The molecule has 5 heteroatoms. The maximum absolute atomic E-state index is 13.4. The van der Waals surface area contributed by atoms with Crippen molar-refractivity contribution >= 4 is 23.2 Å². The van der Waals surface area contributed by atoms with Crippen LogP contribution >= 0.6 is 11.6 Å². The first-order valence-corrected chi connectivity index (χ1v) is 10.6. The number of hydrogen-bond donors (Lipinski definition) is 2. The van der Waals surface area contributed by atoms with E-state index >= 15 is 0 Å². The van der Waals surface area contributed by atoms with Crippen molar-refractivity contribution < 1.29 is 4.79 Å². The summed E-state index contributed by atoms with van der Waals surface area (Å²) in [6.45, 7) is 6.36. The number of carbonyl (C=O) groups is 1. The molecule has 2 N–H and O–H groups in total. The molecule has 0 bridgehead atoms. The van der Waals surface area contributed by atoms with Gasteiger partial charge in [0.05, 0.1) is 5.69 Å². The highest BCUT2D eigenvalue weighted by molar-refractivity contribution is 6.30. The average molecular weight is 418 g/mol. The van der Waals surface area contributed by atoms with Crippen LogP contribution in [-0.4, -0.2) is 16.0 Å². The summed E-state index contributed by atoms with van der Waals surface area (Å²) >= 11 is 6.17. The van der Waals surface area contributed by atoms with Crippen LogP contribution in [0.15, 0.2) is 59.8 Å². The quantitative estimate of drug-likeness (QED) is 0.518. The number of aromatic nitrogens is 2. The molecule has 1 aliphatic carbocycles. The fourth-order valence-corrected chi connectivity index (χ4v) is 4.85. The van der Waals surface area contributed by atoms with Crippen molar-refractivity contribution in [2.24, 2.45) is 5.41 Å². The van der Waals surface area contributed by atoms with Crippen molar-refractivity contribution in [2.45, 2.75) is 39.5 Å². The number of nitrogens with zero attached hydrogens (tertiary/aromatic N) is 1. The smallest absolute Gasteiger partial charge is 0.162 e. The van der Waals surface area contributed by atoms with Gasteiger partial charge in [-0.1, -0.05) is 67.4 Å². The van der Waals surface area contributed by atoms with Crippen LogP contribution in [0.25, 0.3) is 11.3 Å². The molecule has 3 aromatic rings. The van der Waals surface area contributed by atoms with Gasteiger partial charge in [-0.2, -0.15) is 5.10 Å². The third-order valence-electron chi connectivity index (χ3n) is 6.11. The minimum Gasteiger partial charge on any atom is -0.342 e. The van der Waals surface area contributed by atoms with Gasteiger partial charge in [-0.05, 0) is 42.0 Å². The van der Waals surface area contributed by atoms with E-state index in [0.29, 0.717) is 11.4 Å². The number of fused-ring (bicyclic) bond motifs is 1. The number of allylic oxidation sites excluding steroid dienone is 2. The van der Waals surface area contributed by atoms with Crippen molar-refractivity contribution in [3.8, 4) is 11.3 Å². The summed E-state index contributed by atoms with van der Waals surface area (Å²) in [5.74, 6) is 0.831. The van der Waals surface area contributed by atoms with Crippen molar-refractivity contribution in [1.29, 1.82) is 0 Å². The number of rotatable bonds is 2. The summed E-state index contributed by atoms with van der Waals surface area (Å²) in [5, 5.41) is 12.0. The SMILES string of the molecule is Cc1ccc(-c2[nH]nc3c2C(c2ccc(Cl)cc2)C2=C(CC(C)(C)CC2=O)N3)cc1. The monoisotopic (exact) mass is 417 g/mol. The first kappa shape index (κ1) is 19.1. The molecule has 0 fully saturated rings. The lowest BCUT2D eigenvalue weighted by molar-refractivity contribution is -0.118. The van der Waals surface area contributed by atoms with Gasteiger partial charge in [-0.25, -0.2) is 0 Å². The standard InChI is InChI=1S/C25H24ClN3O/c1-14-4-6-16(7-5-14)23-22-20(15-8-10-17(26)11-9-15)21-18(27-24(22)29-28-23)12-25(2,3)13-19(21)30/h4-11,20H,12-13H2,1-3H3,(H2,27,28,29). The van der Waals surface area contributed by atoms with Crippen molar-refractivity contribution in [1.82, 2.24) is 10.2 Å². The molecule has 0 saturated carbocycles. The molecule has 0 radical (unpaired) electrons. The first-order valence-electron chi connectivity index (χ1n) is 10.3. The zero-order valence-corrected chi connectivity index (χ0v) is 18.1. The molecular formula is C25H24ClN3O. The summed E-state index contributed by atoms with van der Waals surface area (Å²) in [6, 6.07) is 16.2. The van der Waals surface area contributed by atoms with Crippen LogP contribution < -0.4 is 5.32 Å². The number of ketones is 1. The summed E-state index contributed by atoms with van der Waals surface area (Å²) in [7, 11) is 0. The zero-order valence-electron chi connectivity index (χ0n) is 17.3. The number of aryl methyl sites for hydroxylation is 1. The van der Waals surface area contributed by atoms with Crippen molar-refractivity contribution in [3.63, 3.8) is 0 Å². The fraction of sp³-hybridized carbons (Fsp3) is 0.280. The highest BCUT2D eigenvalue weighted by Crippen LogP contribution is 2.50. The van der Waals surface area contributed by atoms with E-state index in [0.717, 1.165) is 45.9 Å². The maximum atomic E-state index is 13.4. The van der Waals surface area contributed by atoms with E-state index in [9.17, 15) is 4.79 Å². The lowest BCUT2D eigenvalue weighted by Gasteiger charge is -2.38. The molecular weight excluding hydrogens is 394 g/mol. The second-order valence-electron chi connectivity index (χ2n) is 9.17. The van der Waals surface area contributed by atoms with Crippen LogP contribution in [0.3, 0.4) is 0 Å². The minimum absolute atomic E-state index is 0.0684. The van der Waals surface area contributed by atoms with Crippen LogP contribution in [0.4, 0.5) is 5.82 Å². The molecule has 30 heavy (non-hydrogen) atoms. The van der Waals surface area contributed by atoms with E-state index in [2.05, 4.69) is 60.6 Å². The van der Waals surface area contributed by atoms with E-state index in [1.54, 1.807) is 0 Å². The number of carbonyl (C=O) groups excluding carboxylic acids is 1. The Morgan fingerprint density at radius 1 is 1.03 bits per heavy atom. The number of nitrogens with one attached hydrogen (secondary N) is 2. The summed E-state index contributed by atoms with van der Waals surface area (Å²) in [4.78, 5) is 13.4. The Labute approximate surface area is 181 Å². The largest absolute Gasteiger partial charge is 0.342 e. The Kier molecular flexibility index (Phi) is 4.37. The number of hydrogen-bond acceptors (Lipinski definition) is 3. The van der Waals surface area contributed by atoms with Crippen molar-refractivity contribution in [3.05, 3.63) is 81.5 Å². The molecule has 1 unspecified atom stereocenters. The van der Waals surface area contributed by atoms with Gasteiger partial charge in [0.2, 0.25) is 0 Å². The van der Waals surface area contributed by atoms with Crippen LogP contribution in [0.2, 0.25) is 5.02 Å². The number of Topliss-reactive ketones (excluding diaryl/α,β-unsaturated/α-hetero) is 1. The molecule has 0 amide bonds. The highest BCUT2D eigenvalue weighted by atomic mass is 35.5. The molecule has 2 heterocycles. The van der Waals surface area contributed by atoms with Crippen LogP contribution in [0.1, 0.15) is 49.3 Å². The van der Waals surface area contributed by atoms with Gasteiger partial charge in [0.15, 0.2) is 11.6 Å². The molecule has 1 aromatic heterocycles. The Morgan fingerprint density at radius 3 is 2.43 bits per heavy atom. The molecule has 152 valence electrons. The molecule has 2 aromatic carbocycles. The van der Waals surface area contributed by atoms with Gasteiger partial charge in [-0.15, -0.1) is 0 Å². The van der Waals surface area contributed by atoms with Crippen LogP contribution in [0.5, 0.6) is 0 Å². The highest BCUT2D eigenvalue weighted by Gasteiger charge is 2.42. The number of anilines is 1. The molecule has 0 spiro atoms. The number of benzene rings is 2. The molecule has 1 atom stereocenters. The van der Waals surface area contributed by atoms with Crippen LogP contribution in [-0.2, 0) is 4.79 Å². The summed E-state index contributed by atoms with van der Waals surface area (Å²) in [5.41, 5.74) is 7.06. The van der Waals surface area contributed by atoms with Gasteiger partial charge < -0.3 is 5.32 Å². The topological polar surface area (TPSA) is 57.8 Å². The second-order valence-corrected chi connectivity index (χ2v) is 9.61. The Bertz CT molecular complexity index is 1170. The third-order valence-corrected chi connectivity index (χ3v) is 6.37. The van der Waals surface area contributed by atoms with Gasteiger partial charge in [-0.3, -0.25) is 9.89 Å². The molecule has 1 aliphatic heterocycles. The normalized spacial score (nSPS) is 19.9. The van der Waals surface area contributed by atoms with E-state index in [4.69, 9.17) is 11.6 Å². The lowest BCUT2D eigenvalue weighted by atomic mass is 9.69. The zero-order chi connectivity index (χ0) is 21.0. The Morgan fingerprint density at radius 2 is 1.73 bits per heavy atom. The predicted octanol–water partition coefficient (Wildman–Crippen LogP) is 6.24. The van der Waals surface area contributed by atoms with Gasteiger partial charge in [0, 0.05) is 34.2 Å².